The molecule has 3 nitrogen and oxygen atoms in total. The van der Waals surface area contributed by atoms with E-state index < -0.39 is 0 Å². The molecule has 0 amide bonds. The molecule has 0 spiro atoms. The number of rotatable bonds is 6. The largest absolute Gasteiger partial charge is 0.308 e. The number of aryl methyl sites for hydroxylation is 1. The zero-order valence-electron chi connectivity index (χ0n) is 12.7. The van der Waals surface area contributed by atoms with Crippen LogP contribution in [0.3, 0.4) is 0 Å². The van der Waals surface area contributed by atoms with Gasteiger partial charge in [-0.25, -0.2) is 9.07 Å². The Bertz CT molecular complexity index is 766. The minimum atomic E-state index is -0.241. The van der Waals surface area contributed by atoms with Gasteiger partial charge in [0.25, 0.3) is 0 Å². The van der Waals surface area contributed by atoms with Gasteiger partial charge in [0, 0.05) is 23.5 Å². The van der Waals surface area contributed by atoms with Crippen LogP contribution in [-0.2, 0) is 19.6 Å². The highest BCUT2D eigenvalue weighted by molar-refractivity contribution is 7.09. The fourth-order valence-electron chi connectivity index (χ4n) is 2.38. The second kappa shape index (κ2) is 7.25. The number of thiophene rings is 1. The summed E-state index contributed by atoms with van der Waals surface area (Å²) in [4.78, 5) is 1.29. The van der Waals surface area contributed by atoms with Gasteiger partial charge >= 0.3 is 0 Å². The Morgan fingerprint density at radius 2 is 2.00 bits per heavy atom. The Balaban J connectivity index is 1.67. The molecule has 3 rings (SSSR count). The number of aromatic nitrogens is 2. The van der Waals surface area contributed by atoms with E-state index in [1.807, 2.05) is 13.0 Å². The van der Waals surface area contributed by atoms with Crippen LogP contribution < -0.4 is 5.32 Å². The average molecular weight is 350 g/mol. The van der Waals surface area contributed by atoms with Crippen molar-refractivity contribution in [2.24, 2.45) is 0 Å². The van der Waals surface area contributed by atoms with Crippen molar-refractivity contribution in [2.45, 2.75) is 26.6 Å². The first kappa shape index (κ1) is 16.2. The zero-order valence-corrected chi connectivity index (χ0v) is 14.3. The van der Waals surface area contributed by atoms with Crippen LogP contribution in [0.4, 0.5) is 4.39 Å². The molecule has 1 N–H and O–H groups in total. The first-order valence-electron chi connectivity index (χ1n) is 7.33. The smallest absolute Gasteiger partial charge is 0.132 e. The quantitative estimate of drug-likeness (QED) is 0.715. The summed E-state index contributed by atoms with van der Waals surface area (Å²) in [5, 5.41) is 10.6. The van der Waals surface area contributed by atoms with Gasteiger partial charge in [-0.3, -0.25) is 0 Å². The van der Waals surface area contributed by atoms with Crippen LogP contribution in [0.25, 0.3) is 0 Å². The van der Waals surface area contributed by atoms with E-state index in [0.717, 1.165) is 23.4 Å². The Kier molecular flexibility index (Phi) is 5.10. The molecule has 2 heterocycles. The lowest BCUT2D eigenvalue weighted by Crippen LogP contribution is -2.12. The zero-order chi connectivity index (χ0) is 16.2. The van der Waals surface area contributed by atoms with Crippen molar-refractivity contribution in [1.29, 1.82) is 0 Å². The molecule has 0 aliphatic heterocycles. The molecule has 0 bridgehead atoms. The van der Waals surface area contributed by atoms with Gasteiger partial charge in [0.1, 0.15) is 11.0 Å². The van der Waals surface area contributed by atoms with Gasteiger partial charge in [-0.15, -0.1) is 11.3 Å². The van der Waals surface area contributed by atoms with Crippen LogP contribution in [0.2, 0.25) is 5.15 Å². The van der Waals surface area contributed by atoms with Gasteiger partial charge in [0.15, 0.2) is 0 Å². The molecule has 2 aromatic heterocycles. The lowest BCUT2D eigenvalue weighted by molar-refractivity contribution is 0.624. The molecule has 0 atom stereocenters. The molecule has 0 saturated carbocycles. The minimum Gasteiger partial charge on any atom is -0.308 e. The molecular weight excluding hydrogens is 333 g/mol. The lowest BCUT2D eigenvalue weighted by atomic mass is 10.2. The normalized spacial score (nSPS) is 11.1. The number of nitrogens with zero attached hydrogens (tertiary/aromatic N) is 2. The Hall–Kier alpha value is -1.69. The maximum absolute atomic E-state index is 13.0. The van der Waals surface area contributed by atoms with E-state index in [1.165, 1.54) is 17.0 Å². The van der Waals surface area contributed by atoms with Crippen LogP contribution in [0, 0.1) is 12.7 Å². The monoisotopic (exact) mass is 349 g/mol. The van der Waals surface area contributed by atoms with E-state index in [9.17, 15) is 4.39 Å². The van der Waals surface area contributed by atoms with Crippen molar-refractivity contribution in [1.82, 2.24) is 15.1 Å². The van der Waals surface area contributed by atoms with E-state index in [4.69, 9.17) is 11.6 Å². The summed E-state index contributed by atoms with van der Waals surface area (Å²) < 4.78 is 14.7. The Labute approximate surface area is 143 Å². The van der Waals surface area contributed by atoms with Crippen molar-refractivity contribution < 1.29 is 4.39 Å². The van der Waals surface area contributed by atoms with E-state index in [0.29, 0.717) is 18.2 Å². The molecule has 120 valence electrons. The van der Waals surface area contributed by atoms with E-state index in [1.54, 1.807) is 28.2 Å². The van der Waals surface area contributed by atoms with Crippen molar-refractivity contribution in [3.05, 3.63) is 74.4 Å². The van der Waals surface area contributed by atoms with Gasteiger partial charge < -0.3 is 5.32 Å². The maximum Gasteiger partial charge on any atom is 0.132 e. The first-order valence-corrected chi connectivity index (χ1v) is 8.58. The summed E-state index contributed by atoms with van der Waals surface area (Å²) in [6.45, 7) is 3.97. The molecule has 0 fully saturated rings. The highest BCUT2D eigenvalue weighted by Crippen LogP contribution is 2.21. The summed E-state index contributed by atoms with van der Waals surface area (Å²) in [5.74, 6) is -0.241. The SMILES string of the molecule is Cc1nn(Cc2ccc(F)cc2)c(Cl)c1CNCc1cccs1. The minimum absolute atomic E-state index is 0.241. The summed E-state index contributed by atoms with van der Waals surface area (Å²) in [7, 11) is 0. The van der Waals surface area contributed by atoms with E-state index in [2.05, 4.69) is 21.9 Å². The molecule has 0 aliphatic carbocycles. The summed E-state index contributed by atoms with van der Waals surface area (Å²) in [5.41, 5.74) is 2.88. The molecule has 1 aromatic carbocycles. The number of nitrogens with one attached hydrogen (secondary N) is 1. The standard InChI is InChI=1S/C17H17ClFN3S/c1-12-16(10-20-9-15-3-2-8-23-15)17(18)22(21-12)11-13-4-6-14(19)7-5-13/h2-8,20H,9-11H2,1H3. The topological polar surface area (TPSA) is 29.9 Å². The molecule has 0 radical (unpaired) electrons. The maximum atomic E-state index is 13.0. The number of halogens is 2. The lowest BCUT2D eigenvalue weighted by Gasteiger charge is -2.05. The van der Waals surface area contributed by atoms with Crippen molar-refractivity contribution >= 4 is 22.9 Å². The summed E-state index contributed by atoms with van der Waals surface area (Å²) >= 11 is 8.19. The van der Waals surface area contributed by atoms with Crippen molar-refractivity contribution in [3.63, 3.8) is 0 Å². The molecule has 0 saturated heterocycles. The Morgan fingerprint density at radius 1 is 1.22 bits per heavy atom. The number of hydrogen-bond acceptors (Lipinski definition) is 3. The van der Waals surface area contributed by atoms with Crippen LogP contribution in [-0.4, -0.2) is 9.78 Å². The summed E-state index contributed by atoms with van der Waals surface area (Å²) in [6, 6.07) is 10.5. The predicted molar refractivity (Wildman–Crippen MR) is 92.3 cm³/mol. The number of benzene rings is 1. The fourth-order valence-corrected chi connectivity index (χ4v) is 3.36. The van der Waals surface area contributed by atoms with Gasteiger partial charge in [-0.2, -0.15) is 5.10 Å². The first-order chi connectivity index (χ1) is 11.1. The highest BCUT2D eigenvalue weighted by atomic mass is 35.5. The molecule has 0 unspecified atom stereocenters. The molecular formula is C17H17ClFN3S. The fraction of sp³-hybridized carbons (Fsp3) is 0.235. The third kappa shape index (κ3) is 3.99. The second-order valence-electron chi connectivity index (χ2n) is 5.32. The van der Waals surface area contributed by atoms with Crippen LogP contribution in [0.15, 0.2) is 41.8 Å². The van der Waals surface area contributed by atoms with E-state index >= 15 is 0 Å². The Morgan fingerprint density at radius 3 is 2.70 bits per heavy atom. The van der Waals surface area contributed by atoms with Gasteiger partial charge in [-0.1, -0.05) is 29.8 Å². The van der Waals surface area contributed by atoms with E-state index in [-0.39, 0.29) is 5.82 Å². The molecule has 0 aliphatic rings. The second-order valence-corrected chi connectivity index (χ2v) is 6.71. The van der Waals surface area contributed by atoms with Crippen LogP contribution in [0.1, 0.15) is 21.7 Å². The van der Waals surface area contributed by atoms with Crippen molar-refractivity contribution in [2.75, 3.05) is 0 Å². The van der Waals surface area contributed by atoms with Crippen LogP contribution in [0.5, 0.6) is 0 Å². The van der Waals surface area contributed by atoms with Gasteiger partial charge in [-0.05, 0) is 36.1 Å². The molecule has 6 heteroatoms. The average Bonchev–Trinajstić information content (AvgIpc) is 3.13. The third-order valence-electron chi connectivity index (χ3n) is 3.61. The number of hydrogen-bond donors (Lipinski definition) is 1. The summed E-state index contributed by atoms with van der Waals surface area (Å²) in [6.07, 6.45) is 0. The predicted octanol–water partition coefficient (Wildman–Crippen LogP) is 4.38. The van der Waals surface area contributed by atoms with Gasteiger partial charge in [0.2, 0.25) is 0 Å². The molecule has 3 aromatic rings. The molecule has 23 heavy (non-hydrogen) atoms. The van der Waals surface area contributed by atoms with Gasteiger partial charge in [0.05, 0.1) is 12.2 Å². The van der Waals surface area contributed by atoms with Crippen molar-refractivity contribution in [3.8, 4) is 0 Å². The van der Waals surface area contributed by atoms with Crippen LogP contribution >= 0.6 is 22.9 Å². The highest BCUT2D eigenvalue weighted by Gasteiger charge is 2.13. The third-order valence-corrected chi connectivity index (χ3v) is 4.91.